The van der Waals surface area contributed by atoms with E-state index in [4.69, 9.17) is 21.1 Å². The smallest absolute Gasteiger partial charge is 0.345 e. The minimum atomic E-state index is -1.11. The topological polar surface area (TPSA) is 95.7 Å². The van der Waals surface area contributed by atoms with Crippen LogP contribution in [0.3, 0.4) is 0 Å². The number of benzene rings is 2. The molecule has 8 heteroatoms. The summed E-state index contributed by atoms with van der Waals surface area (Å²) >= 11 is 5.71. The Morgan fingerprint density at radius 2 is 1.80 bits per heavy atom. The van der Waals surface area contributed by atoms with Gasteiger partial charge in [-0.2, -0.15) is 0 Å². The van der Waals surface area contributed by atoms with Crippen molar-refractivity contribution in [3.63, 3.8) is 0 Å². The van der Waals surface area contributed by atoms with Crippen molar-refractivity contribution < 1.29 is 24.0 Å². The fourth-order valence-corrected chi connectivity index (χ4v) is 2.26. The van der Waals surface area contributed by atoms with Gasteiger partial charge in [-0.15, -0.1) is 0 Å². The summed E-state index contributed by atoms with van der Waals surface area (Å²) < 4.78 is 10.1. The average Bonchev–Trinajstić information content (AvgIpc) is 2.60. The van der Waals surface area contributed by atoms with Crippen molar-refractivity contribution in [3.8, 4) is 5.75 Å². The molecule has 0 aliphatic rings. The van der Waals surface area contributed by atoms with E-state index in [1.807, 2.05) is 0 Å². The lowest BCUT2D eigenvalue weighted by Gasteiger charge is -2.13. The Bertz CT molecular complexity index is 818. The molecule has 0 aliphatic heterocycles. The third kappa shape index (κ3) is 4.33. The lowest BCUT2D eigenvalue weighted by molar-refractivity contribution is -0.385. The summed E-state index contributed by atoms with van der Waals surface area (Å²) in [4.78, 5) is 34.8. The standard InChI is InChI=1S/C17H14ClNO6/c1-10(16(20)11-3-6-13(24-2)7-4-11)25-17(21)14-8-5-12(18)9-15(14)19(22)23/h3-10H,1-2H3. The number of rotatable bonds is 6. The summed E-state index contributed by atoms with van der Waals surface area (Å²) in [7, 11) is 1.50. The van der Waals surface area contributed by atoms with Gasteiger partial charge in [0.2, 0.25) is 5.78 Å². The van der Waals surface area contributed by atoms with Crippen molar-refractivity contribution in [1.82, 2.24) is 0 Å². The van der Waals surface area contributed by atoms with Crippen molar-refractivity contribution in [2.45, 2.75) is 13.0 Å². The zero-order valence-electron chi connectivity index (χ0n) is 13.4. The fourth-order valence-electron chi connectivity index (χ4n) is 2.10. The Balaban J connectivity index is 2.16. The molecule has 0 spiro atoms. The average molecular weight is 364 g/mol. The third-order valence-electron chi connectivity index (χ3n) is 3.40. The molecule has 0 aliphatic carbocycles. The summed E-state index contributed by atoms with van der Waals surface area (Å²) in [5.41, 5.74) is -0.433. The minimum absolute atomic E-state index is 0.116. The van der Waals surface area contributed by atoms with Gasteiger partial charge in [0.1, 0.15) is 11.3 Å². The predicted molar refractivity (Wildman–Crippen MR) is 90.3 cm³/mol. The number of esters is 1. The number of hydrogen-bond donors (Lipinski definition) is 0. The van der Waals surface area contributed by atoms with Gasteiger partial charge in [-0.3, -0.25) is 14.9 Å². The second kappa shape index (κ2) is 7.76. The molecule has 0 N–H and O–H groups in total. The lowest BCUT2D eigenvalue weighted by Crippen LogP contribution is -2.24. The molecule has 25 heavy (non-hydrogen) atoms. The maximum Gasteiger partial charge on any atom is 0.345 e. The van der Waals surface area contributed by atoms with Crippen LogP contribution in [0.2, 0.25) is 5.02 Å². The molecule has 130 valence electrons. The number of nitro groups is 1. The van der Waals surface area contributed by atoms with Gasteiger partial charge in [-0.05, 0) is 43.3 Å². The molecule has 0 heterocycles. The first-order valence-electron chi connectivity index (χ1n) is 7.16. The van der Waals surface area contributed by atoms with Gasteiger partial charge in [-0.25, -0.2) is 4.79 Å². The molecule has 7 nitrogen and oxygen atoms in total. The maximum atomic E-state index is 12.3. The van der Waals surface area contributed by atoms with Crippen LogP contribution in [0.1, 0.15) is 27.6 Å². The van der Waals surface area contributed by atoms with Crippen molar-refractivity contribution in [2.75, 3.05) is 7.11 Å². The van der Waals surface area contributed by atoms with Gasteiger partial charge >= 0.3 is 5.97 Å². The quantitative estimate of drug-likeness (QED) is 0.336. The van der Waals surface area contributed by atoms with Crippen LogP contribution in [0.15, 0.2) is 42.5 Å². The van der Waals surface area contributed by atoms with Gasteiger partial charge in [0.05, 0.1) is 12.0 Å². The van der Waals surface area contributed by atoms with Gasteiger partial charge in [0.15, 0.2) is 6.10 Å². The van der Waals surface area contributed by atoms with Crippen LogP contribution in [-0.4, -0.2) is 29.9 Å². The van der Waals surface area contributed by atoms with E-state index in [9.17, 15) is 19.7 Å². The number of carbonyl (C=O) groups excluding carboxylic acids is 2. The second-order valence-corrected chi connectivity index (χ2v) is 5.50. The molecule has 0 saturated heterocycles. The van der Waals surface area contributed by atoms with E-state index in [-0.39, 0.29) is 10.6 Å². The van der Waals surface area contributed by atoms with Gasteiger partial charge in [0, 0.05) is 16.7 Å². The monoisotopic (exact) mass is 363 g/mol. The number of Topliss-reactive ketones (excluding diaryl/α,β-unsaturated/α-hetero) is 1. The van der Waals surface area contributed by atoms with Gasteiger partial charge in [-0.1, -0.05) is 11.6 Å². The first kappa shape index (κ1) is 18.4. The highest BCUT2D eigenvalue weighted by Crippen LogP contribution is 2.24. The van der Waals surface area contributed by atoms with E-state index in [0.717, 1.165) is 6.07 Å². The van der Waals surface area contributed by atoms with E-state index in [2.05, 4.69) is 0 Å². The fraction of sp³-hybridized carbons (Fsp3) is 0.176. The SMILES string of the molecule is COc1ccc(C(=O)C(C)OC(=O)c2ccc(Cl)cc2[N+](=O)[O-])cc1. The van der Waals surface area contributed by atoms with E-state index in [1.165, 1.54) is 38.3 Å². The predicted octanol–water partition coefficient (Wildman–Crippen LogP) is 3.69. The highest BCUT2D eigenvalue weighted by Gasteiger charge is 2.26. The largest absolute Gasteiger partial charge is 0.497 e. The van der Waals surface area contributed by atoms with E-state index in [0.29, 0.717) is 11.3 Å². The number of halogens is 1. The van der Waals surface area contributed by atoms with Crippen LogP contribution in [0, 0.1) is 10.1 Å². The minimum Gasteiger partial charge on any atom is -0.497 e. The number of hydrogen-bond acceptors (Lipinski definition) is 6. The Morgan fingerprint density at radius 3 is 2.36 bits per heavy atom. The Kier molecular flexibility index (Phi) is 5.71. The van der Waals surface area contributed by atoms with Crippen LogP contribution in [0.5, 0.6) is 5.75 Å². The molecule has 0 radical (unpaired) electrons. The summed E-state index contributed by atoms with van der Waals surface area (Å²) in [6.07, 6.45) is -1.11. The summed E-state index contributed by atoms with van der Waals surface area (Å²) in [6, 6.07) is 9.85. The maximum absolute atomic E-state index is 12.3. The molecule has 0 aromatic heterocycles. The number of nitrogens with zero attached hydrogens (tertiary/aromatic N) is 1. The number of methoxy groups -OCH3 is 1. The van der Waals surface area contributed by atoms with Crippen molar-refractivity contribution in [2.24, 2.45) is 0 Å². The molecule has 0 saturated carbocycles. The summed E-state index contributed by atoms with van der Waals surface area (Å²) in [5, 5.41) is 11.2. The number of ketones is 1. The lowest BCUT2D eigenvalue weighted by atomic mass is 10.1. The van der Waals surface area contributed by atoms with Crippen LogP contribution in [-0.2, 0) is 4.74 Å². The van der Waals surface area contributed by atoms with Crippen LogP contribution >= 0.6 is 11.6 Å². The first-order chi connectivity index (χ1) is 11.8. The van der Waals surface area contributed by atoms with Crippen LogP contribution < -0.4 is 4.74 Å². The summed E-state index contributed by atoms with van der Waals surface area (Å²) in [5.74, 6) is -0.830. The van der Waals surface area contributed by atoms with Crippen molar-refractivity contribution in [3.05, 3.63) is 68.7 Å². The molecule has 2 aromatic carbocycles. The van der Waals surface area contributed by atoms with Gasteiger partial charge < -0.3 is 9.47 Å². The molecular weight excluding hydrogens is 350 g/mol. The number of carbonyl (C=O) groups is 2. The van der Waals surface area contributed by atoms with E-state index in [1.54, 1.807) is 12.1 Å². The van der Waals surface area contributed by atoms with Crippen molar-refractivity contribution >= 4 is 29.0 Å². The van der Waals surface area contributed by atoms with E-state index >= 15 is 0 Å². The molecule has 0 amide bonds. The molecule has 1 unspecified atom stereocenters. The van der Waals surface area contributed by atoms with E-state index < -0.39 is 28.5 Å². The molecule has 1 atom stereocenters. The highest BCUT2D eigenvalue weighted by atomic mass is 35.5. The zero-order chi connectivity index (χ0) is 18.6. The number of ether oxygens (including phenoxy) is 2. The molecule has 2 rings (SSSR count). The molecule has 2 aromatic rings. The second-order valence-electron chi connectivity index (χ2n) is 5.06. The Hall–Kier alpha value is -2.93. The molecular formula is C17H14ClNO6. The van der Waals surface area contributed by atoms with Crippen molar-refractivity contribution in [1.29, 1.82) is 0 Å². The first-order valence-corrected chi connectivity index (χ1v) is 7.54. The Morgan fingerprint density at radius 1 is 1.16 bits per heavy atom. The zero-order valence-corrected chi connectivity index (χ0v) is 14.1. The Labute approximate surface area is 148 Å². The number of nitro benzene ring substituents is 1. The summed E-state index contributed by atoms with van der Waals surface area (Å²) in [6.45, 7) is 1.40. The normalized spacial score (nSPS) is 11.5. The van der Waals surface area contributed by atoms with Crippen LogP contribution in [0.25, 0.3) is 0 Å². The molecule has 0 bridgehead atoms. The van der Waals surface area contributed by atoms with Gasteiger partial charge in [0.25, 0.3) is 5.69 Å². The third-order valence-corrected chi connectivity index (χ3v) is 3.64. The van der Waals surface area contributed by atoms with Crippen LogP contribution in [0.4, 0.5) is 5.69 Å². The highest BCUT2D eigenvalue weighted by molar-refractivity contribution is 6.31. The molecule has 0 fully saturated rings.